The first-order chi connectivity index (χ1) is 17.8. The Hall–Kier alpha value is -4.36. The number of carbonyl (C=O) groups is 2. The Morgan fingerprint density at radius 2 is 1.68 bits per heavy atom. The average molecular weight is 568 g/mol. The van der Waals surface area contributed by atoms with Gasteiger partial charge >= 0.3 is 0 Å². The number of hydrogen-bond acceptors (Lipinski definition) is 6. The maximum Gasteiger partial charge on any atom is 0.266 e. The molecule has 0 fully saturated rings. The molecule has 0 heterocycles. The lowest BCUT2D eigenvalue weighted by Gasteiger charge is -2.15. The van der Waals surface area contributed by atoms with Crippen LogP contribution in [0.15, 0.2) is 70.7 Å². The zero-order valence-corrected chi connectivity index (χ0v) is 21.6. The Balaban J connectivity index is 1.75. The standard InChI is InChI=1S/C27H23BrFN3O5/c1-3-36-24-14-17(12-18(15-30)27(34)32-21-8-10-22(35-2)11-9-21)13-23(28)26(24)37-16-25(33)31-20-6-4-19(29)5-7-20/h4-14H,3,16H2,1-2H3,(H,31,33)(H,32,34)/b18-12-. The van der Waals surface area contributed by atoms with Gasteiger partial charge in [0.25, 0.3) is 11.8 Å². The molecule has 190 valence electrons. The van der Waals surface area contributed by atoms with E-state index in [4.69, 9.17) is 14.2 Å². The van der Waals surface area contributed by atoms with Gasteiger partial charge in [-0.1, -0.05) is 0 Å². The van der Waals surface area contributed by atoms with Crippen molar-refractivity contribution in [1.29, 1.82) is 5.26 Å². The summed E-state index contributed by atoms with van der Waals surface area (Å²) in [4.78, 5) is 24.9. The van der Waals surface area contributed by atoms with Gasteiger partial charge in [-0.15, -0.1) is 0 Å². The normalized spacial score (nSPS) is 10.7. The number of nitrogens with zero attached hydrogens (tertiary/aromatic N) is 1. The molecule has 2 N–H and O–H groups in total. The van der Waals surface area contributed by atoms with E-state index in [9.17, 15) is 19.2 Å². The second-order valence-corrected chi connectivity index (χ2v) is 8.31. The number of methoxy groups -OCH3 is 1. The SMILES string of the molecule is CCOc1cc(/C=C(/C#N)C(=O)Nc2ccc(OC)cc2)cc(Br)c1OCC(=O)Nc1ccc(F)cc1. The van der Waals surface area contributed by atoms with Crippen molar-refractivity contribution < 1.29 is 28.2 Å². The minimum Gasteiger partial charge on any atom is -0.497 e. The third-order valence-corrected chi connectivity index (χ3v) is 5.42. The van der Waals surface area contributed by atoms with Gasteiger partial charge in [-0.05, 0) is 95.2 Å². The number of hydrogen-bond donors (Lipinski definition) is 2. The molecule has 0 unspecified atom stereocenters. The van der Waals surface area contributed by atoms with E-state index in [1.54, 1.807) is 43.3 Å². The number of benzene rings is 3. The van der Waals surface area contributed by atoms with E-state index in [1.165, 1.54) is 37.5 Å². The summed E-state index contributed by atoms with van der Waals surface area (Å²) in [6.07, 6.45) is 1.41. The van der Waals surface area contributed by atoms with Crippen LogP contribution in [0.5, 0.6) is 17.2 Å². The number of nitriles is 1. The number of nitrogens with one attached hydrogen (secondary N) is 2. The van der Waals surface area contributed by atoms with Crippen LogP contribution in [0.4, 0.5) is 15.8 Å². The molecule has 3 aromatic carbocycles. The van der Waals surface area contributed by atoms with Crippen LogP contribution < -0.4 is 24.8 Å². The fourth-order valence-electron chi connectivity index (χ4n) is 3.13. The second kappa shape index (κ2) is 13.1. The van der Waals surface area contributed by atoms with Gasteiger partial charge in [0, 0.05) is 11.4 Å². The highest BCUT2D eigenvalue weighted by Gasteiger charge is 2.16. The molecule has 0 aliphatic heterocycles. The van der Waals surface area contributed by atoms with Crippen LogP contribution in [0.25, 0.3) is 6.08 Å². The van der Waals surface area contributed by atoms with Gasteiger partial charge in [0.15, 0.2) is 18.1 Å². The molecule has 8 nitrogen and oxygen atoms in total. The third-order valence-electron chi connectivity index (χ3n) is 4.83. The van der Waals surface area contributed by atoms with Gasteiger partial charge < -0.3 is 24.8 Å². The largest absolute Gasteiger partial charge is 0.497 e. The number of ether oxygens (including phenoxy) is 3. The summed E-state index contributed by atoms with van der Waals surface area (Å²) in [5.74, 6) is -0.226. The third kappa shape index (κ3) is 7.81. The molecule has 2 amide bonds. The smallest absolute Gasteiger partial charge is 0.266 e. The molecule has 10 heteroatoms. The zero-order chi connectivity index (χ0) is 26.8. The molecule has 0 aliphatic rings. The number of carbonyl (C=O) groups excluding carboxylic acids is 2. The van der Waals surface area contributed by atoms with Crippen molar-refractivity contribution in [2.45, 2.75) is 6.92 Å². The molecule has 0 aromatic heterocycles. The van der Waals surface area contributed by atoms with Crippen molar-refractivity contribution >= 4 is 45.2 Å². The number of halogens is 2. The lowest BCUT2D eigenvalue weighted by atomic mass is 10.1. The highest BCUT2D eigenvalue weighted by Crippen LogP contribution is 2.37. The van der Waals surface area contributed by atoms with Gasteiger partial charge in [0.05, 0.1) is 18.2 Å². The number of rotatable bonds is 10. The Kier molecular flexibility index (Phi) is 9.63. The van der Waals surface area contributed by atoms with Crippen LogP contribution in [0.2, 0.25) is 0 Å². The zero-order valence-electron chi connectivity index (χ0n) is 20.0. The topological polar surface area (TPSA) is 110 Å². The first kappa shape index (κ1) is 27.2. The summed E-state index contributed by atoms with van der Waals surface area (Å²) in [5.41, 5.74) is 1.31. The summed E-state index contributed by atoms with van der Waals surface area (Å²) >= 11 is 3.41. The molecule has 0 atom stereocenters. The van der Waals surface area contributed by atoms with Gasteiger partial charge in [-0.3, -0.25) is 9.59 Å². The van der Waals surface area contributed by atoms with E-state index in [0.717, 1.165) is 0 Å². The van der Waals surface area contributed by atoms with Crippen molar-refractivity contribution in [3.63, 3.8) is 0 Å². The minimum atomic E-state index is -0.584. The average Bonchev–Trinajstić information content (AvgIpc) is 2.88. The monoisotopic (exact) mass is 567 g/mol. The predicted octanol–water partition coefficient (Wildman–Crippen LogP) is 5.56. The highest BCUT2D eigenvalue weighted by atomic mass is 79.9. The summed E-state index contributed by atoms with van der Waals surface area (Å²) in [6, 6.07) is 17.2. The highest BCUT2D eigenvalue weighted by molar-refractivity contribution is 9.10. The Morgan fingerprint density at radius 1 is 1.03 bits per heavy atom. The maximum atomic E-state index is 13.1. The van der Waals surface area contributed by atoms with E-state index >= 15 is 0 Å². The van der Waals surface area contributed by atoms with Crippen LogP contribution >= 0.6 is 15.9 Å². The second-order valence-electron chi connectivity index (χ2n) is 7.46. The molecular weight excluding hydrogens is 545 g/mol. The summed E-state index contributed by atoms with van der Waals surface area (Å²) < 4.78 is 29.9. The van der Waals surface area contributed by atoms with Crippen molar-refractivity contribution in [2.24, 2.45) is 0 Å². The maximum absolute atomic E-state index is 13.1. The summed E-state index contributed by atoms with van der Waals surface area (Å²) in [6.45, 7) is 1.75. The van der Waals surface area contributed by atoms with Gasteiger partial charge in [-0.2, -0.15) is 5.26 Å². The van der Waals surface area contributed by atoms with E-state index in [-0.39, 0.29) is 17.9 Å². The van der Waals surface area contributed by atoms with Gasteiger partial charge in [0.1, 0.15) is 23.2 Å². The fraction of sp³-hybridized carbons (Fsp3) is 0.148. The number of anilines is 2. The molecule has 0 aliphatic carbocycles. The lowest BCUT2D eigenvalue weighted by molar-refractivity contribution is -0.118. The van der Waals surface area contributed by atoms with E-state index in [0.29, 0.717) is 39.5 Å². The lowest BCUT2D eigenvalue weighted by Crippen LogP contribution is -2.20. The molecule has 0 saturated carbocycles. The Morgan fingerprint density at radius 3 is 2.30 bits per heavy atom. The van der Waals surface area contributed by atoms with E-state index in [1.807, 2.05) is 6.07 Å². The Bertz CT molecular complexity index is 1340. The van der Waals surface area contributed by atoms with Gasteiger partial charge in [-0.25, -0.2) is 4.39 Å². The van der Waals surface area contributed by atoms with Crippen molar-refractivity contribution in [2.75, 3.05) is 31.0 Å². The van der Waals surface area contributed by atoms with Crippen molar-refractivity contribution in [3.05, 3.63) is 82.1 Å². The van der Waals surface area contributed by atoms with Gasteiger partial charge in [0.2, 0.25) is 0 Å². The van der Waals surface area contributed by atoms with E-state index in [2.05, 4.69) is 26.6 Å². The number of amides is 2. The first-order valence-electron chi connectivity index (χ1n) is 11.0. The quantitative estimate of drug-likeness (QED) is 0.245. The minimum absolute atomic E-state index is 0.127. The van der Waals surface area contributed by atoms with Crippen LogP contribution in [0, 0.1) is 17.1 Å². The van der Waals surface area contributed by atoms with Crippen molar-refractivity contribution in [3.8, 4) is 23.3 Å². The molecule has 0 bridgehead atoms. The molecule has 3 aromatic rings. The molecule has 0 radical (unpaired) electrons. The van der Waals surface area contributed by atoms with Crippen LogP contribution in [-0.4, -0.2) is 32.1 Å². The summed E-state index contributed by atoms with van der Waals surface area (Å²) in [5, 5.41) is 14.8. The van der Waals surface area contributed by atoms with Crippen LogP contribution in [0.3, 0.4) is 0 Å². The summed E-state index contributed by atoms with van der Waals surface area (Å²) in [7, 11) is 1.54. The van der Waals surface area contributed by atoms with Crippen LogP contribution in [-0.2, 0) is 9.59 Å². The fourth-order valence-corrected chi connectivity index (χ4v) is 3.70. The molecule has 0 spiro atoms. The molecule has 37 heavy (non-hydrogen) atoms. The first-order valence-corrected chi connectivity index (χ1v) is 11.8. The molecule has 3 rings (SSSR count). The predicted molar refractivity (Wildman–Crippen MR) is 141 cm³/mol. The van der Waals surface area contributed by atoms with Crippen LogP contribution in [0.1, 0.15) is 12.5 Å². The van der Waals surface area contributed by atoms with E-state index < -0.39 is 17.6 Å². The van der Waals surface area contributed by atoms with Crippen molar-refractivity contribution in [1.82, 2.24) is 0 Å². The Labute approximate surface area is 221 Å². The molecule has 0 saturated heterocycles. The molecular formula is C27H23BrFN3O5.